The highest BCUT2D eigenvalue weighted by atomic mass is 16.2. The smallest absolute Gasteiger partial charge is 0.241 e. The third-order valence-corrected chi connectivity index (χ3v) is 4.30. The summed E-state index contributed by atoms with van der Waals surface area (Å²) in [6, 6.07) is 0. The van der Waals surface area contributed by atoms with Crippen LogP contribution >= 0.6 is 0 Å². The fourth-order valence-corrected chi connectivity index (χ4v) is 3.00. The Balaban J connectivity index is 1.99. The van der Waals surface area contributed by atoms with Crippen LogP contribution in [0, 0.1) is 11.8 Å². The minimum absolute atomic E-state index is 0.0368. The van der Waals surface area contributed by atoms with E-state index in [0.29, 0.717) is 25.6 Å². The van der Waals surface area contributed by atoms with Crippen LogP contribution in [0.1, 0.15) is 25.7 Å². The van der Waals surface area contributed by atoms with Crippen LogP contribution in [0.5, 0.6) is 0 Å². The molecule has 0 spiro atoms. The molecule has 0 aromatic carbocycles. The molecule has 0 aromatic heterocycles. The van der Waals surface area contributed by atoms with Gasteiger partial charge in [-0.15, -0.1) is 0 Å². The second-order valence-corrected chi connectivity index (χ2v) is 5.46. The lowest BCUT2D eigenvalue weighted by molar-refractivity contribution is -0.148. The summed E-state index contributed by atoms with van der Waals surface area (Å²) in [5.41, 5.74) is 5.76. The Bertz CT molecular complexity index is 332. The Kier molecular flexibility index (Phi) is 4.22. The first kappa shape index (κ1) is 13.3. The molecule has 5 heteroatoms. The van der Waals surface area contributed by atoms with Crippen molar-refractivity contribution >= 4 is 11.8 Å². The Labute approximate surface area is 108 Å². The van der Waals surface area contributed by atoms with Crippen molar-refractivity contribution in [2.45, 2.75) is 25.7 Å². The van der Waals surface area contributed by atoms with E-state index in [9.17, 15) is 9.59 Å². The van der Waals surface area contributed by atoms with Gasteiger partial charge in [-0.05, 0) is 25.3 Å². The topological polar surface area (TPSA) is 66.6 Å². The predicted octanol–water partition coefficient (Wildman–Crippen LogP) is 0.0521. The van der Waals surface area contributed by atoms with Crippen molar-refractivity contribution < 1.29 is 9.59 Å². The number of carbonyl (C=O) groups excluding carboxylic acids is 2. The van der Waals surface area contributed by atoms with E-state index in [1.54, 1.807) is 16.8 Å². The molecule has 18 heavy (non-hydrogen) atoms. The van der Waals surface area contributed by atoms with Crippen molar-refractivity contribution in [2.24, 2.45) is 17.6 Å². The maximum Gasteiger partial charge on any atom is 0.241 e. The molecule has 2 amide bonds. The summed E-state index contributed by atoms with van der Waals surface area (Å²) < 4.78 is 0. The summed E-state index contributed by atoms with van der Waals surface area (Å²) in [6.45, 7) is 2.13. The molecule has 1 saturated heterocycles. The van der Waals surface area contributed by atoms with Crippen molar-refractivity contribution in [3.05, 3.63) is 0 Å². The Morgan fingerprint density at radius 1 is 1.33 bits per heavy atom. The molecule has 1 aliphatic heterocycles. The Morgan fingerprint density at radius 2 is 2.06 bits per heavy atom. The molecular formula is C13H23N3O2. The predicted molar refractivity (Wildman–Crippen MR) is 68.7 cm³/mol. The number of nitrogens with zero attached hydrogens (tertiary/aromatic N) is 2. The molecule has 2 N–H and O–H groups in total. The van der Waals surface area contributed by atoms with Gasteiger partial charge in [0.15, 0.2) is 0 Å². The molecular weight excluding hydrogens is 230 g/mol. The van der Waals surface area contributed by atoms with E-state index in [1.807, 2.05) is 0 Å². The maximum absolute atomic E-state index is 12.5. The fourth-order valence-electron chi connectivity index (χ4n) is 3.00. The lowest BCUT2D eigenvalue weighted by Crippen LogP contribution is -2.53. The molecule has 2 aliphatic rings. The van der Waals surface area contributed by atoms with Crippen molar-refractivity contribution in [1.82, 2.24) is 9.80 Å². The van der Waals surface area contributed by atoms with E-state index >= 15 is 0 Å². The first-order valence-electron chi connectivity index (χ1n) is 6.86. The Hall–Kier alpha value is -1.10. The molecule has 0 bridgehead atoms. The van der Waals surface area contributed by atoms with Crippen molar-refractivity contribution in [2.75, 3.05) is 33.2 Å². The first-order valence-corrected chi connectivity index (χ1v) is 6.86. The summed E-state index contributed by atoms with van der Waals surface area (Å²) in [6.07, 6.45) is 4.26. The molecule has 0 aromatic rings. The van der Waals surface area contributed by atoms with Crippen LogP contribution in [0.4, 0.5) is 0 Å². The van der Waals surface area contributed by atoms with Crippen molar-refractivity contribution in [1.29, 1.82) is 0 Å². The number of rotatable bonds is 2. The summed E-state index contributed by atoms with van der Waals surface area (Å²) in [5.74, 6) is 0.530. The second kappa shape index (κ2) is 5.69. The molecule has 2 unspecified atom stereocenters. The molecule has 1 aliphatic carbocycles. The number of hydrogen-bond donors (Lipinski definition) is 1. The van der Waals surface area contributed by atoms with Crippen LogP contribution in [-0.4, -0.2) is 54.8 Å². The van der Waals surface area contributed by atoms with Crippen LogP contribution in [0.3, 0.4) is 0 Å². The van der Waals surface area contributed by atoms with Crippen LogP contribution in [0.2, 0.25) is 0 Å². The molecule has 2 rings (SSSR count). The van der Waals surface area contributed by atoms with E-state index in [0.717, 1.165) is 19.3 Å². The highest BCUT2D eigenvalue weighted by molar-refractivity contribution is 5.87. The monoisotopic (exact) mass is 253 g/mol. The quantitative estimate of drug-likeness (QED) is 0.756. The minimum Gasteiger partial charge on any atom is -0.342 e. The number of likely N-dealkylation sites (N-methyl/N-ethyl adjacent to an activating group) is 1. The summed E-state index contributed by atoms with van der Waals surface area (Å²) in [7, 11) is 1.79. The van der Waals surface area contributed by atoms with Crippen LogP contribution in [0.25, 0.3) is 0 Å². The van der Waals surface area contributed by atoms with E-state index < -0.39 is 0 Å². The Morgan fingerprint density at radius 3 is 2.72 bits per heavy atom. The van der Waals surface area contributed by atoms with E-state index in [2.05, 4.69) is 0 Å². The zero-order valence-corrected chi connectivity index (χ0v) is 11.1. The van der Waals surface area contributed by atoms with Gasteiger partial charge in [-0.2, -0.15) is 0 Å². The van der Waals surface area contributed by atoms with Gasteiger partial charge in [0.25, 0.3) is 0 Å². The largest absolute Gasteiger partial charge is 0.342 e. The zero-order valence-electron chi connectivity index (χ0n) is 11.1. The van der Waals surface area contributed by atoms with Gasteiger partial charge in [-0.1, -0.05) is 12.8 Å². The highest BCUT2D eigenvalue weighted by Gasteiger charge is 2.35. The van der Waals surface area contributed by atoms with Crippen molar-refractivity contribution in [3.63, 3.8) is 0 Å². The maximum atomic E-state index is 12.5. The molecule has 1 saturated carbocycles. The van der Waals surface area contributed by atoms with Gasteiger partial charge < -0.3 is 15.5 Å². The number of carbonyl (C=O) groups is 2. The van der Waals surface area contributed by atoms with E-state index in [4.69, 9.17) is 5.73 Å². The van der Waals surface area contributed by atoms with Gasteiger partial charge >= 0.3 is 0 Å². The second-order valence-electron chi connectivity index (χ2n) is 5.46. The summed E-state index contributed by atoms with van der Waals surface area (Å²) >= 11 is 0. The third-order valence-electron chi connectivity index (χ3n) is 4.30. The van der Waals surface area contributed by atoms with E-state index in [-0.39, 0.29) is 24.3 Å². The van der Waals surface area contributed by atoms with Gasteiger partial charge in [-0.3, -0.25) is 9.59 Å². The third kappa shape index (κ3) is 2.66. The lowest BCUT2D eigenvalue weighted by atomic mass is 9.78. The van der Waals surface area contributed by atoms with E-state index in [1.165, 1.54) is 6.42 Å². The van der Waals surface area contributed by atoms with Gasteiger partial charge in [0, 0.05) is 26.1 Å². The summed E-state index contributed by atoms with van der Waals surface area (Å²) in [4.78, 5) is 27.5. The molecule has 1 heterocycles. The number of nitrogens with two attached hydrogens (primary N) is 1. The first-order chi connectivity index (χ1) is 8.63. The van der Waals surface area contributed by atoms with Gasteiger partial charge in [0.2, 0.25) is 11.8 Å². The normalized spacial score (nSPS) is 29.6. The SMILES string of the molecule is CN1CCN(C(=O)C2CCCCC2CN)CC1=O. The molecule has 2 atom stereocenters. The fraction of sp³-hybridized carbons (Fsp3) is 0.846. The van der Waals surface area contributed by atoms with Gasteiger partial charge in [0.1, 0.15) is 0 Å². The highest BCUT2D eigenvalue weighted by Crippen LogP contribution is 2.31. The average Bonchev–Trinajstić information content (AvgIpc) is 2.41. The van der Waals surface area contributed by atoms with Gasteiger partial charge in [-0.25, -0.2) is 0 Å². The number of piperazine rings is 1. The summed E-state index contributed by atoms with van der Waals surface area (Å²) in [5, 5.41) is 0. The zero-order chi connectivity index (χ0) is 13.1. The van der Waals surface area contributed by atoms with Crippen LogP contribution < -0.4 is 5.73 Å². The number of hydrogen-bond acceptors (Lipinski definition) is 3. The van der Waals surface area contributed by atoms with Crippen LogP contribution in [0.15, 0.2) is 0 Å². The molecule has 5 nitrogen and oxygen atoms in total. The lowest BCUT2D eigenvalue weighted by Gasteiger charge is -2.37. The van der Waals surface area contributed by atoms with Gasteiger partial charge in [0.05, 0.1) is 6.54 Å². The standard InChI is InChI=1S/C13H23N3O2/c1-15-6-7-16(9-12(15)17)13(18)11-5-3-2-4-10(11)8-14/h10-11H,2-9,14H2,1H3. The average molecular weight is 253 g/mol. The molecule has 2 fully saturated rings. The molecule has 0 radical (unpaired) electrons. The van der Waals surface area contributed by atoms with Crippen LogP contribution in [-0.2, 0) is 9.59 Å². The molecule has 102 valence electrons. The van der Waals surface area contributed by atoms with Crippen molar-refractivity contribution in [3.8, 4) is 0 Å². The number of amides is 2. The minimum atomic E-state index is 0.0368.